The predicted molar refractivity (Wildman–Crippen MR) is 119 cm³/mol. The molecule has 2 fully saturated rings. The summed E-state index contributed by atoms with van der Waals surface area (Å²) in [6, 6.07) is 5.06. The average Bonchev–Trinajstić information content (AvgIpc) is 2.97. The van der Waals surface area contributed by atoms with Gasteiger partial charge < -0.3 is 15.4 Å². The van der Waals surface area contributed by atoms with Crippen LogP contribution in [0.2, 0.25) is 0 Å². The van der Waals surface area contributed by atoms with Crippen LogP contribution in [0.5, 0.6) is 0 Å². The van der Waals surface area contributed by atoms with E-state index in [0.717, 1.165) is 36.8 Å². The first-order valence-corrected chi connectivity index (χ1v) is 11.0. The summed E-state index contributed by atoms with van der Waals surface area (Å²) in [6.45, 7) is 6.96. The number of amides is 3. The van der Waals surface area contributed by atoms with Crippen LogP contribution in [0.3, 0.4) is 0 Å². The molecule has 0 bridgehead atoms. The number of carbonyl (C=O) groups is 4. The summed E-state index contributed by atoms with van der Waals surface area (Å²) >= 11 is 0.818. The number of benzene rings is 1. The van der Waals surface area contributed by atoms with Gasteiger partial charge in [0.05, 0.1) is 11.3 Å². The van der Waals surface area contributed by atoms with Crippen LogP contribution >= 0.6 is 11.8 Å². The largest absolute Gasteiger partial charge is 0.460 e. The number of nitrogens with two attached hydrogens (primary N) is 1. The number of piperidine rings is 1. The molecule has 0 unspecified atom stereocenters. The number of nitrogens with zero attached hydrogens (tertiary/aromatic N) is 1. The maximum absolute atomic E-state index is 12.3. The standard InChI is InChI=1S/C22H27N3O5S/c1-22(2,3)30-18(26)9-13-5-4-8-25(12-13)16-7-6-14(19(23)27)10-15(16)11-17-20(28)24-21(29)31-17/h6-7,10-11,13H,4-5,8-9,12H2,1-3H3,(H2,23,27)(H,24,28,29)/b17-11-/t13-/m1/s1. The van der Waals surface area contributed by atoms with E-state index >= 15 is 0 Å². The average molecular weight is 446 g/mol. The molecule has 3 rings (SSSR count). The third kappa shape index (κ3) is 6.10. The van der Waals surface area contributed by atoms with Crippen molar-refractivity contribution < 1.29 is 23.9 Å². The highest BCUT2D eigenvalue weighted by Crippen LogP contribution is 2.33. The normalized spacial score (nSPS) is 20.7. The number of ether oxygens (including phenoxy) is 1. The van der Waals surface area contributed by atoms with E-state index in [4.69, 9.17) is 10.5 Å². The highest BCUT2D eigenvalue weighted by molar-refractivity contribution is 8.18. The van der Waals surface area contributed by atoms with Crippen LogP contribution in [0.15, 0.2) is 23.1 Å². The van der Waals surface area contributed by atoms with Gasteiger partial charge in [0.2, 0.25) is 5.91 Å². The van der Waals surface area contributed by atoms with Crippen molar-refractivity contribution in [3.8, 4) is 0 Å². The van der Waals surface area contributed by atoms with Gasteiger partial charge in [-0.1, -0.05) is 0 Å². The van der Waals surface area contributed by atoms with Gasteiger partial charge in [0.15, 0.2) is 0 Å². The maximum atomic E-state index is 12.3. The van der Waals surface area contributed by atoms with Gasteiger partial charge in [-0.25, -0.2) is 0 Å². The summed E-state index contributed by atoms with van der Waals surface area (Å²) in [5, 5.41) is 1.80. The summed E-state index contributed by atoms with van der Waals surface area (Å²) in [5.41, 5.74) is 6.67. The number of primary amides is 1. The van der Waals surface area contributed by atoms with Crippen LogP contribution < -0.4 is 16.0 Å². The topological polar surface area (TPSA) is 119 Å². The van der Waals surface area contributed by atoms with Crippen LogP contribution in [-0.2, 0) is 14.3 Å². The van der Waals surface area contributed by atoms with E-state index in [0.29, 0.717) is 24.1 Å². The number of thioether (sulfide) groups is 1. The van der Waals surface area contributed by atoms with E-state index in [1.807, 2.05) is 20.8 Å². The molecule has 2 aliphatic heterocycles. The van der Waals surface area contributed by atoms with Gasteiger partial charge in [-0.3, -0.25) is 24.5 Å². The smallest absolute Gasteiger partial charge is 0.306 e. The Kier molecular flexibility index (Phi) is 6.74. The number of carbonyl (C=O) groups excluding carboxylic acids is 4. The molecule has 1 aromatic rings. The van der Waals surface area contributed by atoms with Crippen molar-refractivity contribution in [3.05, 3.63) is 34.2 Å². The van der Waals surface area contributed by atoms with Crippen LogP contribution in [-0.4, -0.2) is 41.7 Å². The van der Waals surface area contributed by atoms with E-state index in [-0.39, 0.29) is 16.8 Å². The van der Waals surface area contributed by atoms with Crippen molar-refractivity contribution >= 4 is 46.5 Å². The monoisotopic (exact) mass is 445 g/mol. The Morgan fingerprint density at radius 2 is 2.06 bits per heavy atom. The van der Waals surface area contributed by atoms with Crippen molar-refractivity contribution in [3.63, 3.8) is 0 Å². The van der Waals surface area contributed by atoms with E-state index in [1.54, 1.807) is 24.3 Å². The molecule has 2 aliphatic rings. The molecule has 31 heavy (non-hydrogen) atoms. The molecule has 3 amide bonds. The number of nitrogens with one attached hydrogen (secondary N) is 1. The second kappa shape index (κ2) is 9.13. The lowest BCUT2D eigenvalue weighted by Crippen LogP contribution is -2.37. The summed E-state index contributed by atoms with van der Waals surface area (Å²) in [6.07, 6.45) is 3.74. The molecule has 1 aromatic carbocycles. The summed E-state index contributed by atoms with van der Waals surface area (Å²) in [4.78, 5) is 49.9. The summed E-state index contributed by atoms with van der Waals surface area (Å²) in [7, 11) is 0. The Morgan fingerprint density at radius 1 is 1.32 bits per heavy atom. The second-order valence-corrected chi connectivity index (χ2v) is 9.75. The van der Waals surface area contributed by atoms with Gasteiger partial charge in [-0.05, 0) is 81.1 Å². The Labute approximate surface area is 185 Å². The van der Waals surface area contributed by atoms with Crippen LogP contribution in [0.25, 0.3) is 6.08 Å². The van der Waals surface area contributed by atoms with E-state index in [1.165, 1.54) is 0 Å². The molecule has 0 radical (unpaired) electrons. The highest BCUT2D eigenvalue weighted by Gasteiger charge is 2.28. The van der Waals surface area contributed by atoms with Gasteiger partial charge in [0.25, 0.3) is 11.1 Å². The van der Waals surface area contributed by atoms with Gasteiger partial charge >= 0.3 is 5.97 Å². The van der Waals surface area contributed by atoms with Crippen LogP contribution in [0, 0.1) is 5.92 Å². The number of esters is 1. The summed E-state index contributed by atoms with van der Waals surface area (Å²) in [5.74, 6) is -1.13. The molecule has 2 saturated heterocycles. The Bertz CT molecular complexity index is 951. The van der Waals surface area contributed by atoms with Gasteiger partial charge in [0, 0.05) is 24.3 Å². The van der Waals surface area contributed by atoms with Crippen molar-refractivity contribution in [2.75, 3.05) is 18.0 Å². The Morgan fingerprint density at radius 3 is 2.68 bits per heavy atom. The zero-order valence-corrected chi connectivity index (χ0v) is 18.7. The third-order valence-corrected chi connectivity index (χ3v) is 5.79. The molecular formula is C22H27N3O5S. The van der Waals surface area contributed by atoms with Gasteiger partial charge in [-0.2, -0.15) is 0 Å². The third-order valence-electron chi connectivity index (χ3n) is 4.98. The quantitative estimate of drug-likeness (QED) is 0.528. The first-order valence-electron chi connectivity index (χ1n) is 10.2. The molecule has 0 aromatic heterocycles. The molecule has 8 nitrogen and oxygen atoms in total. The van der Waals surface area contributed by atoms with E-state index in [9.17, 15) is 19.2 Å². The maximum Gasteiger partial charge on any atom is 0.306 e. The van der Waals surface area contributed by atoms with E-state index in [2.05, 4.69) is 10.2 Å². The molecule has 9 heteroatoms. The fraction of sp³-hybridized carbons (Fsp3) is 0.455. The lowest BCUT2D eigenvalue weighted by molar-refractivity contribution is -0.156. The molecule has 2 heterocycles. The fourth-order valence-corrected chi connectivity index (χ4v) is 4.42. The Hall–Kier alpha value is -2.81. The molecule has 166 valence electrons. The van der Waals surface area contributed by atoms with E-state index < -0.39 is 22.7 Å². The first-order chi connectivity index (χ1) is 14.5. The van der Waals surface area contributed by atoms with Crippen molar-refractivity contribution in [2.45, 2.75) is 45.6 Å². The predicted octanol–water partition coefficient (Wildman–Crippen LogP) is 3.06. The fourth-order valence-electron chi connectivity index (χ4n) is 3.74. The number of hydrogen-bond donors (Lipinski definition) is 2. The summed E-state index contributed by atoms with van der Waals surface area (Å²) < 4.78 is 5.46. The molecule has 0 spiro atoms. The SMILES string of the molecule is CC(C)(C)OC(=O)C[C@H]1CCCN(c2ccc(C(N)=O)cc2/C=C2\SC(=O)NC2=O)C1. The van der Waals surface area contributed by atoms with Crippen molar-refractivity contribution in [1.82, 2.24) is 5.32 Å². The number of hydrogen-bond acceptors (Lipinski definition) is 7. The minimum absolute atomic E-state index is 0.130. The first kappa shape index (κ1) is 22.9. The number of rotatable bonds is 5. The minimum atomic E-state index is -0.577. The Balaban J connectivity index is 1.84. The molecule has 3 N–H and O–H groups in total. The van der Waals surface area contributed by atoms with Crippen molar-refractivity contribution in [1.29, 1.82) is 0 Å². The molecule has 1 atom stereocenters. The second-order valence-electron chi connectivity index (χ2n) is 8.73. The lowest BCUT2D eigenvalue weighted by atomic mass is 9.93. The van der Waals surface area contributed by atoms with Crippen LogP contribution in [0.4, 0.5) is 10.5 Å². The lowest BCUT2D eigenvalue weighted by Gasteiger charge is -2.35. The van der Waals surface area contributed by atoms with Gasteiger partial charge in [-0.15, -0.1) is 0 Å². The zero-order chi connectivity index (χ0) is 22.8. The highest BCUT2D eigenvalue weighted by atomic mass is 32.2. The van der Waals surface area contributed by atoms with Crippen LogP contribution in [0.1, 0.15) is 56.0 Å². The van der Waals surface area contributed by atoms with Crippen molar-refractivity contribution in [2.24, 2.45) is 11.7 Å². The molecule has 0 aliphatic carbocycles. The zero-order valence-electron chi connectivity index (χ0n) is 17.9. The van der Waals surface area contributed by atoms with Gasteiger partial charge in [0.1, 0.15) is 5.60 Å². The number of anilines is 1. The molecule has 0 saturated carbocycles. The minimum Gasteiger partial charge on any atom is -0.460 e. The molecular weight excluding hydrogens is 418 g/mol. The number of imide groups is 1.